The van der Waals surface area contributed by atoms with Crippen LogP contribution in [0.4, 0.5) is 0 Å². The molecule has 0 saturated carbocycles. The van der Waals surface area contributed by atoms with Gasteiger partial charge in [-0.15, -0.1) is 0 Å². The molecule has 0 bridgehead atoms. The first-order valence-electron chi connectivity index (χ1n) is 9.40. The van der Waals surface area contributed by atoms with Gasteiger partial charge in [0.2, 0.25) is 5.72 Å². The van der Waals surface area contributed by atoms with Crippen LogP contribution in [0.2, 0.25) is 5.02 Å². The van der Waals surface area contributed by atoms with Crippen LogP contribution in [0.1, 0.15) is 36.4 Å². The van der Waals surface area contributed by atoms with E-state index in [2.05, 4.69) is 16.4 Å². The van der Waals surface area contributed by atoms with Crippen molar-refractivity contribution in [2.45, 2.75) is 31.0 Å². The second kappa shape index (κ2) is 6.43. The Bertz CT molecular complexity index is 908. The van der Waals surface area contributed by atoms with E-state index in [1.165, 1.54) is 0 Å². The molecule has 2 aromatic rings. The lowest BCUT2D eigenvalue weighted by molar-refractivity contribution is -0.137. The number of hydrogen-bond donors (Lipinski definition) is 1. The number of fused-ring (bicyclic) bond motifs is 4. The molecule has 140 valence electrons. The number of nitrogens with zero attached hydrogens (tertiary/aromatic N) is 2. The molecule has 1 saturated heterocycles. The third-order valence-corrected chi connectivity index (χ3v) is 6.11. The third-order valence-electron chi connectivity index (χ3n) is 5.78. The minimum Gasteiger partial charge on any atom is -0.493 e. The maximum absolute atomic E-state index is 6.63. The Morgan fingerprint density at radius 3 is 2.78 bits per heavy atom. The van der Waals surface area contributed by atoms with Gasteiger partial charge in [-0.1, -0.05) is 41.9 Å². The lowest BCUT2D eigenvalue weighted by Crippen LogP contribution is -2.58. The molecule has 1 fully saturated rings. The van der Waals surface area contributed by atoms with Gasteiger partial charge in [-0.05, 0) is 12.1 Å². The molecule has 27 heavy (non-hydrogen) atoms. The first kappa shape index (κ1) is 16.9. The molecule has 0 unspecified atom stereocenters. The molecule has 2 aromatic carbocycles. The van der Waals surface area contributed by atoms with Crippen molar-refractivity contribution in [2.75, 3.05) is 20.2 Å². The lowest BCUT2D eigenvalue weighted by atomic mass is 9.91. The number of piperidine rings is 1. The largest absolute Gasteiger partial charge is 0.493 e. The number of hydrazone groups is 1. The SMILES string of the molecule is COc1cccc2c1OC1(CCNCC1)N1N=C(c3ccccc3Cl)C[C@@H]21. The predicted molar refractivity (Wildman–Crippen MR) is 106 cm³/mol. The van der Waals surface area contributed by atoms with Gasteiger partial charge in [-0.3, -0.25) is 0 Å². The lowest BCUT2D eigenvalue weighted by Gasteiger charge is -2.49. The van der Waals surface area contributed by atoms with Gasteiger partial charge in [0, 0.05) is 48.5 Å². The summed E-state index contributed by atoms with van der Waals surface area (Å²) >= 11 is 6.47. The van der Waals surface area contributed by atoms with Crippen molar-refractivity contribution in [3.05, 3.63) is 58.6 Å². The van der Waals surface area contributed by atoms with Crippen LogP contribution < -0.4 is 14.8 Å². The van der Waals surface area contributed by atoms with E-state index in [4.69, 9.17) is 26.2 Å². The summed E-state index contributed by atoms with van der Waals surface area (Å²) in [5.74, 6) is 1.65. The molecule has 0 aromatic heterocycles. The molecule has 1 atom stereocenters. The Labute approximate surface area is 163 Å². The number of rotatable bonds is 2. The van der Waals surface area contributed by atoms with Crippen LogP contribution in [0, 0.1) is 0 Å². The summed E-state index contributed by atoms with van der Waals surface area (Å²) in [6, 6.07) is 14.2. The quantitative estimate of drug-likeness (QED) is 0.852. The Hall–Kier alpha value is -2.24. The second-order valence-corrected chi connectivity index (χ2v) is 7.68. The van der Waals surface area contributed by atoms with Crippen molar-refractivity contribution in [3.8, 4) is 11.5 Å². The number of halogens is 1. The van der Waals surface area contributed by atoms with Gasteiger partial charge in [-0.2, -0.15) is 5.10 Å². The maximum atomic E-state index is 6.63. The summed E-state index contributed by atoms with van der Waals surface area (Å²) in [4.78, 5) is 0. The summed E-state index contributed by atoms with van der Waals surface area (Å²) in [7, 11) is 1.70. The van der Waals surface area contributed by atoms with E-state index in [9.17, 15) is 0 Å². The van der Waals surface area contributed by atoms with Crippen LogP contribution in [-0.2, 0) is 0 Å². The van der Waals surface area contributed by atoms with E-state index in [0.29, 0.717) is 0 Å². The monoisotopic (exact) mass is 383 g/mol. The minimum atomic E-state index is -0.444. The maximum Gasteiger partial charge on any atom is 0.200 e. The number of benzene rings is 2. The zero-order valence-corrected chi connectivity index (χ0v) is 16.0. The zero-order chi connectivity index (χ0) is 18.4. The summed E-state index contributed by atoms with van der Waals surface area (Å²) in [6.07, 6.45) is 2.56. The van der Waals surface area contributed by atoms with Gasteiger partial charge in [0.1, 0.15) is 0 Å². The number of para-hydroxylation sites is 1. The fourth-order valence-electron chi connectivity index (χ4n) is 4.44. The molecule has 3 heterocycles. The van der Waals surface area contributed by atoms with Crippen LogP contribution in [0.15, 0.2) is 47.6 Å². The van der Waals surface area contributed by atoms with Crippen molar-refractivity contribution in [1.29, 1.82) is 0 Å². The highest BCUT2D eigenvalue weighted by atomic mass is 35.5. The average Bonchev–Trinajstić information content (AvgIpc) is 3.15. The van der Waals surface area contributed by atoms with Crippen molar-refractivity contribution in [2.24, 2.45) is 5.10 Å². The average molecular weight is 384 g/mol. The van der Waals surface area contributed by atoms with Crippen molar-refractivity contribution >= 4 is 17.3 Å². The minimum absolute atomic E-state index is 0.133. The van der Waals surface area contributed by atoms with Crippen molar-refractivity contribution < 1.29 is 9.47 Å². The molecule has 1 N–H and O–H groups in total. The topological polar surface area (TPSA) is 46.1 Å². The number of nitrogens with one attached hydrogen (secondary N) is 1. The standard InChI is InChI=1S/C21H22ClN3O2/c1-26-19-8-4-6-15-18-13-17(14-5-2-3-7-16(14)22)24-25(18)21(27-20(15)19)9-11-23-12-10-21/h2-8,18,23H,9-13H2,1H3/t18-/m0/s1. The molecule has 5 nitrogen and oxygen atoms in total. The summed E-state index contributed by atoms with van der Waals surface area (Å²) in [5, 5.41) is 11.4. The van der Waals surface area contributed by atoms with Gasteiger partial charge in [0.05, 0.1) is 18.9 Å². The summed E-state index contributed by atoms with van der Waals surface area (Å²) in [6.45, 7) is 1.81. The van der Waals surface area contributed by atoms with Crippen LogP contribution in [0.5, 0.6) is 11.5 Å². The second-order valence-electron chi connectivity index (χ2n) is 7.27. The van der Waals surface area contributed by atoms with E-state index in [1.54, 1.807) is 7.11 Å². The first-order valence-corrected chi connectivity index (χ1v) is 9.78. The van der Waals surface area contributed by atoms with Gasteiger partial charge < -0.3 is 14.8 Å². The highest BCUT2D eigenvalue weighted by Crippen LogP contribution is 2.52. The predicted octanol–water partition coefficient (Wildman–Crippen LogP) is 3.97. The number of hydrogen-bond acceptors (Lipinski definition) is 5. The van der Waals surface area contributed by atoms with Gasteiger partial charge in [-0.25, -0.2) is 5.01 Å². The van der Waals surface area contributed by atoms with Gasteiger partial charge in [0.15, 0.2) is 11.5 Å². The molecule has 0 aliphatic carbocycles. The van der Waals surface area contributed by atoms with E-state index in [0.717, 1.165) is 65.7 Å². The highest BCUT2D eigenvalue weighted by Gasteiger charge is 2.51. The molecular formula is C21H22ClN3O2. The molecular weight excluding hydrogens is 362 g/mol. The summed E-state index contributed by atoms with van der Waals surface area (Å²) in [5.41, 5.74) is 2.70. The number of methoxy groups -OCH3 is 1. The zero-order valence-electron chi connectivity index (χ0n) is 15.2. The van der Waals surface area contributed by atoms with Gasteiger partial charge >= 0.3 is 0 Å². The number of ether oxygens (including phenoxy) is 2. The van der Waals surface area contributed by atoms with Crippen LogP contribution in [0.3, 0.4) is 0 Å². The fraction of sp³-hybridized carbons (Fsp3) is 0.381. The smallest absolute Gasteiger partial charge is 0.200 e. The van der Waals surface area contributed by atoms with E-state index in [-0.39, 0.29) is 6.04 Å². The normalized spacial score (nSPS) is 22.7. The Balaban J connectivity index is 1.63. The first-order chi connectivity index (χ1) is 13.2. The van der Waals surface area contributed by atoms with E-state index in [1.807, 2.05) is 36.4 Å². The molecule has 6 heteroatoms. The molecule has 3 aliphatic heterocycles. The van der Waals surface area contributed by atoms with Crippen LogP contribution >= 0.6 is 11.6 Å². The van der Waals surface area contributed by atoms with Crippen LogP contribution in [0.25, 0.3) is 0 Å². The van der Waals surface area contributed by atoms with E-state index < -0.39 is 5.72 Å². The van der Waals surface area contributed by atoms with Crippen molar-refractivity contribution in [3.63, 3.8) is 0 Å². The third kappa shape index (κ3) is 2.60. The Kier molecular flexibility index (Phi) is 4.02. The van der Waals surface area contributed by atoms with Crippen LogP contribution in [-0.4, -0.2) is 36.6 Å². The Morgan fingerprint density at radius 1 is 1.19 bits per heavy atom. The molecule has 1 spiro atoms. The molecule has 5 rings (SSSR count). The van der Waals surface area contributed by atoms with E-state index >= 15 is 0 Å². The fourth-order valence-corrected chi connectivity index (χ4v) is 4.68. The molecule has 0 radical (unpaired) electrons. The molecule has 0 amide bonds. The summed E-state index contributed by atoms with van der Waals surface area (Å²) < 4.78 is 12.2. The molecule has 3 aliphatic rings. The van der Waals surface area contributed by atoms with Gasteiger partial charge in [0.25, 0.3) is 0 Å². The highest BCUT2D eigenvalue weighted by molar-refractivity contribution is 6.34. The van der Waals surface area contributed by atoms with Crippen molar-refractivity contribution in [1.82, 2.24) is 10.3 Å². The Morgan fingerprint density at radius 2 is 2.00 bits per heavy atom.